The summed E-state index contributed by atoms with van der Waals surface area (Å²) in [6.45, 7) is -2.00. The van der Waals surface area contributed by atoms with Crippen LogP contribution in [0, 0.1) is 5.41 Å². The number of imidazole rings is 1. The highest BCUT2D eigenvalue weighted by molar-refractivity contribution is 7.47. The van der Waals surface area contributed by atoms with Gasteiger partial charge in [0, 0.05) is 6.42 Å². The Bertz CT molecular complexity index is 2120. The fourth-order valence-corrected chi connectivity index (χ4v) is 8.21. The van der Waals surface area contributed by atoms with Crippen molar-refractivity contribution in [1.82, 2.24) is 44.5 Å². The van der Waals surface area contributed by atoms with E-state index in [0.717, 1.165) is 21.9 Å². The smallest absolute Gasteiger partial charge is 0.385 e. The zero-order valence-electron chi connectivity index (χ0n) is 23.7. The molecule has 8 rings (SSSR count). The Morgan fingerprint density at radius 2 is 1.73 bits per heavy atom. The monoisotopic (exact) mass is 721 g/mol. The molecule has 258 valence electrons. The molecule has 48 heavy (non-hydrogen) atoms. The summed E-state index contributed by atoms with van der Waals surface area (Å²) in [5.74, 6) is -3.98. The van der Waals surface area contributed by atoms with Crippen molar-refractivity contribution in [3.63, 3.8) is 0 Å². The number of aliphatic hydroxyl groups excluding tert-OH is 1. The van der Waals surface area contributed by atoms with Gasteiger partial charge in [-0.25, -0.2) is 32.9 Å². The summed E-state index contributed by atoms with van der Waals surface area (Å²) < 4.78 is 91.6. The molecule has 3 saturated heterocycles. The van der Waals surface area contributed by atoms with Crippen LogP contribution in [0.15, 0.2) is 17.4 Å². The Balaban J connectivity index is 1.15. The highest BCUT2D eigenvalue weighted by Crippen LogP contribution is 2.73. The Hall–Kier alpha value is -3.61. The van der Waals surface area contributed by atoms with E-state index in [4.69, 9.17) is 39.0 Å². The second-order valence-corrected chi connectivity index (χ2v) is 14.2. The molecule has 3 aliphatic heterocycles. The molecule has 8 N–H and O–H groups in total. The first kappa shape index (κ1) is 31.6. The number of nitrogens with one attached hydrogen (secondary N) is 1. The van der Waals surface area contributed by atoms with Gasteiger partial charge in [0.1, 0.15) is 36.3 Å². The van der Waals surface area contributed by atoms with Crippen LogP contribution >= 0.6 is 15.6 Å². The van der Waals surface area contributed by atoms with Crippen LogP contribution in [0.4, 0.5) is 20.5 Å². The Kier molecular flexibility index (Phi) is 6.89. The standard InChI is InChI=1S/C21H23F2N11O12P2/c22-21(23)3-20(21)7-2-42-47(37,38)45-11-6(43-17(10(11)35)34-15-9(31-32-34)16(36)30-19(25)29-15)1-41-48(39,40)46-12(20)18(44-7)33-5-28-8-13(24)26-4-27-14(8)33/h4-7,10-12,17-18,35H,1-3H2,(H,37,38)(H,39,40)(H2,24,26,27)(H3,25,29,30,36)/t6-,7-,10-,11-,12+,17-,18-,20+/m1/s1. The number of H-pyrrole nitrogens is 1. The summed E-state index contributed by atoms with van der Waals surface area (Å²) in [7, 11) is -10.6. The fourth-order valence-electron chi connectivity index (χ4n) is 6.28. The average molecular weight is 721 g/mol. The minimum Gasteiger partial charge on any atom is -0.385 e. The lowest BCUT2D eigenvalue weighted by Crippen LogP contribution is -2.37. The maximum atomic E-state index is 15.3. The van der Waals surface area contributed by atoms with Crippen molar-refractivity contribution in [3.8, 4) is 0 Å². The van der Waals surface area contributed by atoms with Crippen molar-refractivity contribution in [2.75, 3.05) is 24.7 Å². The number of phosphoric ester groups is 2. The maximum absolute atomic E-state index is 15.3. The third kappa shape index (κ3) is 4.77. The van der Waals surface area contributed by atoms with Crippen molar-refractivity contribution < 1.29 is 60.4 Å². The van der Waals surface area contributed by atoms with E-state index in [9.17, 15) is 28.8 Å². The number of alkyl halides is 2. The Labute approximate surface area is 263 Å². The third-order valence-electron chi connectivity index (χ3n) is 8.57. The van der Waals surface area contributed by atoms with Gasteiger partial charge in [-0.15, -0.1) is 5.10 Å². The maximum Gasteiger partial charge on any atom is 0.472 e. The number of rotatable bonds is 2. The summed E-state index contributed by atoms with van der Waals surface area (Å²) in [6.07, 6.45) is -11.1. The van der Waals surface area contributed by atoms with Crippen molar-refractivity contribution in [1.29, 1.82) is 0 Å². The number of nitrogens with zero attached hydrogens (tertiary/aromatic N) is 8. The number of anilines is 2. The van der Waals surface area contributed by atoms with Crippen LogP contribution in [0.2, 0.25) is 0 Å². The highest BCUT2D eigenvalue weighted by Gasteiger charge is 2.84. The molecule has 4 fully saturated rings. The van der Waals surface area contributed by atoms with Gasteiger partial charge in [-0.05, 0) is 0 Å². The van der Waals surface area contributed by atoms with Crippen molar-refractivity contribution in [2.45, 2.75) is 55.3 Å². The Morgan fingerprint density at radius 3 is 2.48 bits per heavy atom. The van der Waals surface area contributed by atoms with Crippen LogP contribution in [0.3, 0.4) is 0 Å². The van der Waals surface area contributed by atoms with Gasteiger partial charge in [0.05, 0.1) is 31.1 Å². The summed E-state index contributed by atoms with van der Waals surface area (Å²) in [5.41, 5.74) is 7.81. The van der Waals surface area contributed by atoms with Gasteiger partial charge in [-0.2, -0.15) is 9.67 Å². The number of nitrogen functional groups attached to an aromatic ring is 2. The van der Waals surface area contributed by atoms with Gasteiger partial charge in [-0.1, -0.05) is 5.21 Å². The molecule has 4 aromatic heterocycles. The van der Waals surface area contributed by atoms with E-state index >= 15 is 8.78 Å². The number of phosphoric acid groups is 2. The molecule has 4 aromatic rings. The quantitative estimate of drug-likeness (QED) is 0.131. The molecule has 2 bridgehead atoms. The molecule has 2 unspecified atom stereocenters. The van der Waals surface area contributed by atoms with E-state index in [1.165, 1.54) is 0 Å². The normalized spacial score (nSPS) is 39.6. The molecule has 1 saturated carbocycles. The predicted molar refractivity (Wildman–Crippen MR) is 147 cm³/mol. The van der Waals surface area contributed by atoms with Crippen molar-refractivity contribution in [2.24, 2.45) is 5.41 Å². The van der Waals surface area contributed by atoms with Crippen LogP contribution in [0.1, 0.15) is 18.9 Å². The minimum atomic E-state index is -5.34. The number of aromatic amines is 1. The van der Waals surface area contributed by atoms with Gasteiger partial charge in [0.25, 0.3) is 11.5 Å². The minimum absolute atomic E-state index is 0.00569. The van der Waals surface area contributed by atoms with Crippen molar-refractivity contribution in [3.05, 3.63) is 23.0 Å². The van der Waals surface area contributed by atoms with E-state index in [1.54, 1.807) is 0 Å². The largest absolute Gasteiger partial charge is 0.472 e. The van der Waals surface area contributed by atoms with Gasteiger partial charge < -0.3 is 35.8 Å². The topological polar surface area (TPSA) is 322 Å². The molecular weight excluding hydrogens is 698 g/mol. The van der Waals surface area contributed by atoms with Crippen LogP contribution in [0.25, 0.3) is 22.3 Å². The van der Waals surface area contributed by atoms with Gasteiger partial charge >= 0.3 is 15.6 Å². The number of aliphatic hydroxyl groups is 1. The van der Waals surface area contributed by atoms with Gasteiger partial charge in [0.15, 0.2) is 35.1 Å². The Morgan fingerprint density at radius 1 is 1.00 bits per heavy atom. The number of aromatic nitrogens is 9. The summed E-state index contributed by atoms with van der Waals surface area (Å²) in [5, 5.41) is 18.6. The number of ether oxygens (including phenoxy) is 2. The van der Waals surface area contributed by atoms with E-state index < -0.39 is 95.2 Å². The fraction of sp³-hybridized carbons (Fsp3) is 0.571. The molecular formula is C21H23F2N11O12P2. The first-order valence-corrected chi connectivity index (χ1v) is 16.8. The van der Waals surface area contributed by atoms with Crippen LogP contribution < -0.4 is 17.0 Å². The summed E-state index contributed by atoms with van der Waals surface area (Å²) in [4.78, 5) is 51.9. The average Bonchev–Trinajstić information content (AvgIpc) is 3.49. The second kappa shape index (κ2) is 10.4. The lowest BCUT2D eigenvalue weighted by molar-refractivity contribution is -0.0691. The summed E-state index contributed by atoms with van der Waals surface area (Å²) >= 11 is 0. The number of halogens is 2. The van der Waals surface area contributed by atoms with E-state index in [2.05, 4.69) is 35.2 Å². The summed E-state index contributed by atoms with van der Waals surface area (Å²) in [6, 6.07) is 0. The second-order valence-electron chi connectivity index (χ2n) is 11.4. The van der Waals surface area contributed by atoms with E-state index in [-0.39, 0.29) is 34.1 Å². The number of hydrogen-bond donors (Lipinski definition) is 6. The lowest BCUT2D eigenvalue weighted by atomic mass is 9.94. The molecule has 4 aliphatic rings. The molecule has 7 heterocycles. The van der Waals surface area contributed by atoms with E-state index in [0.29, 0.717) is 0 Å². The molecule has 10 atom stereocenters. The molecule has 0 amide bonds. The molecule has 1 aliphatic carbocycles. The first-order chi connectivity index (χ1) is 22.6. The van der Waals surface area contributed by atoms with Crippen LogP contribution in [-0.2, 0) is 36.7 Å². The predicted octanol–water partition coefficient (Wildman–Crippen LogP) is -1.28. The van der Waals surface area contributed by atoms with Gasteiger partial charge in [0.2, 0.25) is 5.95 Å². The zero-order chi connectivity index (χ0) is 34.0. The molecule has 1 spiro atoms. The van der Waals surface area contributed by atoms with Crippen molar-refractivity contribution >= 4 is 49.7 Å². The SMILES string of the molecule is Nc1nc2c(nnn2[C@@H]2O[C@@H]3COP(=O)(O)O[C@H]4[C@H](n5cnc6c(N)ncnc65)O[C@H](COP(=O)(O)O[C@H]3[C@H]2O)[C@@]42CC2(F)F)c(=O)[nH]1. The molecule has 23 nitrogen and oxygen atoms in total. The third-order valence-corrected chi connectivity index (χ3v) is 10.5. The lowest BCUT2D eigenvalue weighted by Gasteiger charge is -2.27. The first-order valence-electron chi connectivity index (χ1n) is 13.8. The zero-order valence-corrected chi connectivity index (χ0v) is 25.5. The molecule has 27 heteroatoms. The van der Waals surface area contributed by atoms with Crippen LogP contribution in [-0.4, -0.2) is 109 Å². The van der Waals surface area contributed by atoms with Crippen LogP contribution in [0.5, 0.6) is 0 Å². The number of fused-ring (bicyclic) bond motifs is 3. The highest BCUT2D eigenvalue weighted by atomic mass is 31.2. The number of hydrogen-bond acceptors (Lipinski definition) is 18. The van der Waals surface area contributed by atoms with Gasteiger partial charge in [-0.3, -0.25) is 32.4 Å². The number of nitrogens with two attached hydrogens (primary N) is 2. The van der Waals surface area contributed by atoms with E-state index in [1.807, 2.05) is 0 Å². The molecule has 0 radical (unpaired) electrons. The molecule has 0 aromatic carbocycles.